The highest BCUT2D eigenvalue weighted by Crippen LogP contribution is 2.28. The van der Waals surface area contributed by atoms with Crippen molar-refractivity contribution in [2.24, 2.45) is 0 Å². The minimum Gasteiger partial charge on any atom is -0.444 e. The molecule has 6 nitrogen and oxygen atoms in total. The Kier molecular flexibility index (Phi) is 5.18. The SMILES string of the molecule is CC(C)(C)OC(=O)N1CCC(O)(C(O)CCO)CC1. The fourth-order valence-electron chi connectivity index (χ4n) is 2.13. The van der Waals surface area contributed by atoms with E-state index >= 15 is 0 Å². The van der Waals surface area contributed by atoms with Crippen LogP contribution in [0.2, 0.25) is 0 Å². The van der Waals surface area contributed by atoms with Crippen molar-refractivity contribution in [3.05, 3.63) is 0 Å². The summed E-state index contributed by atoms with van der Waals surface area (Å²) in [6.45, 7) is 5.92. The average Bonchev–Trinajstić information content (AvgIpc) is 2.27. The summed E-state index contributed by atoms with van der Waals surface area (Å²) < 4.78 is 5.26. The van der Waals surface area contributed by atoms with Crippen molar-refractivity contribution in [3.63, 3.8) is 0 Å². The van der Waals surface area contributed by atoms with E-state index in [1.54, 1.807) is 20.8 Å². The summed E-state index contributed by atoms with van der Waals surface area (Å²) in [5, 5.41) is 28.9. The van der Waals surface area contributed by atoms with E-state index in [0.29, 0.717) is 13.1 Å². The van der Waals surface area contributed by atoms with Gasteiger partial charge in [-0.2, -0.15) is 0 Å². The quantitative estimate of drug-likeness (QED) is 0.697. The maximum atomic E-state index is 11.8. The van der Waals surface area contributed by atoms with Crippen LogP contribution < -0.4 is 0 Å². The normalized spacial score (nSPS) is 21.1. The van der Waals surface area contributed by atoms with Crippen molar-refractivity contribution < 1.29 is 24.9 Å². The molecule has 0 bridgehead atoms. The van der Waals surface area contributed by atoms with Gasteiger partial charge in [-0.3, -0.25) is 0 Å². The van der Waals surface area contributed by atoms with Gasteiger partial charge in [-0.05, 0) is 40.0 Å². The second kappa shape index (κ2) is 6.07. The van der Waals surface area contributed by atoms with Crippen LogP contribution >= 0.6 is 0 Å². The van der Waals surface area contributed by atoms with E-state index in [1.165, 1.54) is 4.90 Å². The van der Waals surface area contributed by atoms with Crippen molar-refractivity contribution in [1.82, 2.24) is 4.90 Å². The lowest BCUT2D eigenvalue weighted by Crippen LogP contribution is -2.53. The van der Waals surface area contributed by atoms with Crippen molar-refractivity contribution in [2.45, 2.75) is 57.3 Å². The number of rotatable bonds is 3. The maximum absolute atomic E-state index is 11.8. The summed E-state index contributed by atoms with van der Waals surface area (Å²) in [5.74, 6) is 0. The number of nitrogens with zero attached hydrogens (tertiary/aromatic N) is 1. The molecule has 1 unspecified atom stereocenters. The lowest BCUT2D eigenvalue weighted by molar-refractivity contribution is -0.113. The topological polar surface area (TPSA) is 90.2 Å². The third-order valence-corrected chi connectivity index (χ3v) is 3.30. The van der Waals surface area contributed by atoms with Crippen molar-refractivity contribution in [2.75, 3.05) is 19.7 Å². The Bertz CT molecular complexity index is 305. The number of amides is 1. The van der Waals surface area contributed by atoms with Gasteiger partial charge in [0, 0.05) is 19.7 Å². The molecule has 112 valence electrons. The number of piperidine rings is 1. The molecule has 1 amide bonds. The summed E-state index contributed by atoms with van der Waals surface area (Å²) in [6.07, 6.45) is -0.645. The van der Waals surface area contributed by atoms with E-state index in [4.69, 9.17) is 9.84 Å². The first-order valence-electron chi connectivity index (χ1n) is 6.67. The van der Waals surface area contributed by atoms with Gasteiger partial charge in [0.1, 0.15) is 5.60 Å². The van der Waals surface area contributed by atoms with Crippen LogP contribution in [0, 0.1) is 0 Å². The molecule has 3 N–H and O–H groups in total. The highest BCUT2D eigenvalue weighted by molar-refractivity contribution is 5.68. The summed E-state index contributed by atoms with van der Waals surface area (Å²) in [5.41, 5.74) is -1.76. The molecule has 1 saturated heterocycles. The fourth-order valence-corrected chi connectivity index (χ4v) is 2.13. The molecule has 6 heteroatoms. The molecule has 1 atom stereocenters. The Balaban J connectivity index is 2.50. The Hall–Kier alpha value is -0.850. The Morgan fingerprint density at radius 1 is 1.37 bits per heavy atom. The van der Waals surface area contributed by atoms with E-state index in [9.17, 15) is 15.0 Å². The predicted octanol–water partition coefficient (Wildman–Crippen LogP) is 0.492. The Labute approximate surface area is 114 Å². The lowest BCUT2D eigenvalue weighted by atomic mass is 9.85. The third-order valence-electron chi connectivity index (χ3n) is 3.30. The highest BCUT2D eigenvalue weighted by atomic mass is 16.6. The molecule has 1 rings (SSSR count). The van der Waals surface area contributed by atoms with Crippen LogP contribution in [0.5, 0.6) is 0 Å². The summed E-state index contributed by atoms with van der Waals surface area (Å²) >= 11 is 0. The maximum Gasteiger partial charge on any atom is 0.410 e. The van der Waals surface area contributed by atoms with Crippen molar-refractivity contribution >= 4 is 6.09 Å². The number of carbonyl (C=O) groups excluding carboxylic acids is 1. The van der Waals surface area contributed by atoms with Crippen LogP contribution in [-0.2, 0) is 4.74 Å². The lowest BCUT2D eigenvalue weighted by Gasteiger charge is -2.41. The summed E-state index contributed by atoms with van der Waals surface area (Å²) in [7, 11) is 0. The van der Waals surface area contributed by atoms with Gasteiger partial charge in [0.25, 0.3) is 0 Å². The smallest absolute Gasteiger partial charge is 0.410 e. The molecule has 0 saturated carbocycles. The zero-order chi connectivity index (χ0) is 14.7. The Morgan fingerprint density at radius 2 is 1.89 bits per heavy atom. The molecule has 0 aromatic heterocycles. The predicted molar refractivity (Wildman–Crippen MR) is 69.7 cm³/mol. The van der Waals surface area contributed by atoms with Crippen LogP contribution in [0.15, 0.2) is 0 Å². The molecular formula is C13H25NO5. The fraction of sp³-hybridized carbons (Fsp3) is 0.923. The molecule has 0 radical (unpaired) electrons. The second-order valence-corrected chi connectivity index (χ2v) is 6.10. The van der Waals surface area contributed by atoms with Gasteiger partial charge in [-0.25, -0.2) is 4.79 Å². The number of carbonyl (C=O) groups is 1. The van der Waals surface area contributed by atoms with Crippen LogP contribution in [0.1, 0.15) is 40.0 Å². The van der Waals surface area contributed by atoms with Gasteiger partial charge in [0.15, 0.2) is 0 Å². The molecule has 0 aromatic carbocycles. The van der Waals surface area contributed by atoms with Crippen LogP contribution in [0.3, 0.4) is 0 Å². The van der Waals surface area contributed by atoms with Crippen LogP contribution in [-0.4, -0.2) is 63.3 Å². The molecule has 1 aliphatic heterocycles. The molecule has 0 aromatic rings. The van der Waals surface area contributed by atoms with E-state index in [0.717, 1.165) is 0 Å². The molecule has 1 fully saturated rings. The number of likely N-dealkylation sites (tertiary alicyclic amines) is 1. The number of hydrogen-bond donors (Lipinski definition) is 3. The number of aliphatic hydroxyl groups is 3. The monoisotopic (exact) mass is 275 g/mol. The highest BCUT2D eigenvalue weighted by Gasteiger charge is 2.40. The molecule has 1 aliphatic rings. The second-order valence-electron chi connectivity index (χ2n) is 6.10. The third kappa shape index (κ3) is 4.63. The number of hydrogen-bond acceptors (Lipinski definition) is 5. The van der Waals surface area contributed by atoms with E-state index < -0.39 is 23.4 Å². The van der Waals surface area contributed by atoms with Gasteiger partial charge < -0.3 is 25.0 Å². The van der Waals surface area contributed by atoms with Gasteiger partial charge in [0.2, 0.25) is 0 Å². The van der Waals surface area contributed by atoms with Crippen LogP contribution in [0.25, 0.3) is 0 Å². The van der Waals surface area contributed by atoms with Crippen molar-refractivity contribution in [3.8, 4) is 0 Å². The summed E-state index contributed by atoms with van der Waals surface area (Å²) in [6, 6.07) is 0. The zero-order valence-corrected chi connectivity index (χ0v) is 11.9. The minimum atomic E-state index is -1.22. The van der Waals surface area contributed by atoms with Crippen LogP contribution in [0.4, 0.5) is 4.79 Å². The molecule has 0 aliphatic carbocycles. The average molecular weight is 275 g/mol. The number of aliphatic hydroxyl groups excluding tert-OH is 2. The van der Waals surface area contributed by atoms with E-state index in [1.807, 2.05) is 0 Å². The zero-order valence-electron chi connectivity index (χ0n) is 11.9. The molecular weight excluding hydrogens is 250 g/mol. The minimum absolute atomic E-state index is 0.142. The molecule has 19 heavy (non-hydrogen) atoms. The molecule has 1 heterocycles. The van der Waals surface area contributed by atoms with Gasteiger partial charge in [0.05, 0.1) is 11.7 Å². The van der Waals surface area contributed by atoms with E-state index in [2.05, 4.69) is 0 Å². The van der Waals surface area contributed by atoms with Gasteiger partial charge in [-0.1, -0.05) is 0 Å². The summed E-state index contributed by atoms with van der Waals surface area (Å²) in [4.78, 5) is 13.4. The Morgan fingerprint density at radius 3 is 2.32 bits per heavy atom. The van der Waals surface area contributed by atoms with Gasteiger partial charge >= 0.3 is 6.09 Å². The standard InChI is InChI=1S/C13H25NO5/c1-12(2,3)19-11(17)14-7-5-13(18,6-8-14)10(16)4-9-15/h10,15-16,18H,4-9H2,1-3H3. The number of ether oxygens (including phenoxy) is 1. The first kappa shape index (κ1) is 16.2. The molecule has 0 spiro atoms. The first-order chi connectivity index (χ1) is 8.68. The first-order valence-corrected chi connectivity index (χ1v) is 6.67. The van der Waals surface area contributed by atoms with Crippen molar-refractivity contribution in [1.29, 1.82) is 0 Å². The largest absolute Gasteiger partial charge is 0.444 e. The van der Waals surface area contributed by atoms with E-state index in [-0.39, 0.29) is 25.9 Å². The van der Waals surface area contributed by atoms with Gasteiger partial charge in [-0.15, -0.1) is 0 Å².